The van der Waals surface area contributed by atoms with Crippen molar-refractivity contribution in [1.82, 2.24) is 0 Å². The summed E-state index contributed by atoms with van der Waals surface area (Å²) in [6.45, 7) is 9.32. The minimum atomic E-state index is -0.0608. The molecular formula is C25H34OS. The maximum atomic E-state index is 13.3. The van der Waals surface area contributed by atoms with Crippen LogP contribution in [0.4, 0.5) is 0 Å². The number of benzene rings is 1. The number of allylic oxidation sites excluding steroid dienone is 4. The smallest absolute Gasteiger partial charge is 0.159 e. The molecule has 0 fully saturated rings. The Labute approximate surface area is 169 Å². The van der Waals surface area contributed by atoms with Gasteiger partial charge < -0.3 is 0 Å². The first-order valence-corrected chi connectivity index (χ1v) is 11.2. The second-order valence-electron chi connectivity index (χ2n) is 9.25. The van der Waals surface area contributed by atoms with Gasteiger partial charge in [-0.1, -0.05) is 49.8 Å². The molecule has 146 valence electrons. The van der Waals surface area contributed by atoms with Gasteiger partial charge in [0.25, 0.3) is 0 Å². The van der Waals surface area contributed by atoms with Crippen molar-refractivity contribution >= 4 is 17.5 Å². The van der Waals surface area contributed by atoms with E-state index in [9.17, 15) is 4.79 Å². The molecule has 1 aromatic carbocycles. The van der Waals surface area contributed by atoms with Crippen molar-refractivity contribution in [3.8, 4) is 0 Å². The van der Waals surface area contributed by atoms with E-state index in [2.05, 4.69) is 70.2 Å². The van der Waals surface area contributed by atoms with Gasteiger partial charge in [-0.25, -0.2) is 0 Å². The van der Waals surface area contributed by atoms with Crippen LogP contribution in [-0.4, -0.2) is 10.5 Å². The Kier molecular flexibility index (Phi) is 6.35. The van der Waals surface area contributed by atoms with Crippen LogP contribution in [0.2, 0.25) is 0 Å². The Bertz CT molecular complexity index is 732. The molecule has 2 aliphatic rings. The predicted octanol–water partition coefficient (Wildman–Crippen LogP) is 7.38. The van der Waals surface area contributed by atoms with E-state index in [-0.39, 0.29) is 10.2 Å². The molecule has 1 aromatic rings. The minimum Gasteiger partial charge on any atom is -0.295 e. The van der Waals surface area contributed by atoms with Crippen LogP contribution in [0.15, 0.2) is 58.5 Å². The highest BCUT2D eigenvalue weighted by Gasteiger charge is 2.38. The van der Waals surface area contributed by atoms with Crippen LogP contribution in [0.3, 0.4) is 0 Å². The number of fused-ring (bicyclic) bond motifs is 2. The van der Waals surface area contributed by atoms with Crippen LogP contribution in [0.1, 0.15) is 72.6 Å². The molecule has 2 bridgehead atoms. The molecule has 2 heteroatoms. The van der Waals surface area contributed by atoms with Gasteiger partial charge in [0.15, 0.2) is 5.78 Å². The molecule has 0 spiro atoms. The zero-order valence-electron chi connectivity index (χ0n) is 17.4. The van der Waals surface area contributed by atoms with Crippen molar-refractivity contribution in [1.29, 1.82) is 0 Å². The molecule has 27 heavy (non-hydrogen) atoms. The third kappa shape index (κ3) is 5.16. The van der Waals surface area contributed by atoms with E-state index in [1.807, 2.05) is 11.8 Å². The second kappa shape index (κ2) is 8.39. The lowest BCUT2D eigenvalue weighted by Crippen LogP contribution is -2.33. The highest BCUT2D eigenvalue weighted by atomic mass is 32.2. The lowest BCUT2D eigenvalue weighted by atomic mass is 9.65. The van der Waals surface area contributed by atoms with E-state index in [1.165, 1.54) is 16.9 Å². The summed E-state index contributed by atoms with van der Waals surface area (Å²) in [5, 5.41) is 0. The molecule has 3 atom stereocenters. The van der Waals surface area contributed by atoms with Crippen LogP contribution >= 0.6 is 11.8 Å². The number of Topliss-reactive ketones (excluding diaryl/α,β-unsaturated/α-hetero) is 1. The van der Waals surface area contributed by atoms with Gasteiger partial charge in [-0.2, -0.15) is 0 Å². The van der Waals surface area contributed by atoms with Crippen LogP contribution in [0.25, 0.3) is 0 Å². The van der Waals surface area contributed by atoms with Crippen molar-refractivity contribution in [3.63, 3.8) is 0 Å². The summed E-state index contributed by atoms with van der Waals surface area (Å²) in [6, 6.07) is 10.6. The zero-order chi connectivity index (χ0) is 19.5. The van der Waals surface area contributed by atoms with Crippen molar-refractivity contribution in [3.05, 3.63) is 53.6 Å². The lowest BCUT2D eigenvalue weighted by molar-refractivity contribution is -0.116. The molecule has 0 radical (unpaired) electrons. The van der Waals surface area contributed by atoms with Crippen LogP contribution in [0, 0.1) is 11.3 Å². The lowest BCUT2D eigenvalue weighted by Gasteiger charge is -2.40. The predicted molar refractivity (Wildman–Crippen MR) is 117 cm³/mol. The average molecular weight is 383 g/mol. The fraction of sp³-hybridized carbons (Fsp3) is 0.560. The summed E-state index contributed by atoms with van der Waals surface area (Å²) in [5.74, 6) is 1.02. The summed E-state index contributed by atoms with van der Waals surface area (Å²) in [6.07, 6.45) is 11.7. The van der Waals surface area contributed by atoms with E-state index in [1.54, 1.807) is 0 Å². The van der Waals surface area contributed by atoms with Crippen molar-refractivity contribution < 1.29 is 4.79 Å². The van der Waals surface area contributed by atoms with Crippen LogP contribution < -0.4 is 0 Å². The summed E-state index contributed by atoms with van der Waals surface area (Å²) in [5.41, 5.74) is 2.85. The number of hydrogen-bond acceptors (Lipinski definition) is 2. The molecule has 1 nitrogen and oxygen atoms in total. The molecule has 2 aliphatic carbocycles. The Morgan fingerprint density at radius 1 is 1.04 bits per heavy atom. The average Bonchev–Trinajstić information content (AvgIpc) is 2.62. The molecule has 0 amide bonds. The summed E-state index contributed by atoms with van der Waals surface area (Å²) < 4.78 is -0.0608. The van der Waals surface area contributed by atoms with E-state index >= 15 is 0 Å². The van der Waals surface area contributed by atoms with Gasteiger partial charge in [0.2, 0.25) is 0 Å². The quantitative estimate of drug-likeness (QED) is 0.496. The standard InChI is InChI=1S/C25H34OS/c1-19-9-8-15-25(4,27-22-10-6-5-7-11-22)18-23(26)21-13-12-20(2)24(3,17-21)16-14-19/h5-7,9-11,13,20H,8,12,14-18H2,1-4H3/b19-9+/t20-,24-,25-/m1/s1. The summed E-state index contributed by atoms with van der Waals surface area (Å²) in [4.78, 5) is 14.5. The largest absolute Gasteiger partial charge is 0.295 e. The van der Waals surface area contributed by atoms with Gasteiger partial charge in [0, 0.05) is 16.1 Å². The van der Waals surface area contributed by atoms with E-state index in [4.69, 9.17) is 0 Å². The van der Waals surface area contributed by atoms with Crippen molar-refractivity contribution in [2.45, 2.75) is 82.3 Å². The van der Waals surface area contributed by atoms with Crippen molar-refractivity contribution in [2.24, 2.45) is 11.3 Å². The highest BCUT2D eigenvalue weighted by Crippen LogP contribution is 2.47. The zero-order valence-corrected chi connectivity index (χ0v) is 18.2. The number of carbonyl (C=O) groups is 1. The van der Waals surface area contributed by atoms with Gasteiger partial charge in [-0.05, 0) is 81.4 Å². The Balaban J connectivity index is 1.88. The van der Waals surface area contributed by atoms with Gasteiger partial charge in [-0.3, -0.25) is 4.79 Å². The van der Waals surface area contributed by atoms with E-state index < -0.39 is 0 Å². The third-order valence-electron chi connectivity index (χ3n) is 6.76. The van der Waals surface area contributed by atoms with E-state index in [0.717, 1.165) is 37.7 Å². The SMILES string of the molecule is C/C1=C\CC[C@@](C)(Sc2ccccc2)CC(=O)C2=CC[C@@H](C)[C@](C)(CC1)C2. The number of hydrogen-bond donors (Lipinski definition) is 0. The molecule has 0 unspecified atom stereocenters. The first kappa shape index (κ1) is 20.5. The number of carbonyl (C=O) groups excluding carboxylic acids is 1. The summed E-state index contributed by atoms with van der Waals surface area (Å²) >= 11 is 1.88. The maximum Gasteiger partial charge on any atom is 0.159 e. The number of thioether (sulfide) groups is 1. The van der Waals surface area contributed by atoms with E-state index in [0.29, 0.717) is 18.1 Å². The van der Waals surface area contributed by atoms with Gasteiger partial charge >= 0.3 is 0 Å². The van der Waals surface area contributed by atoms with Crippen molar-refractivity contribution in [2.75, 3.05) is 0 Å². The maximum absolute atomic E-state index is 13.3. The first-order valence-electron chi connectivity index (χ1n) is 10.4. The van der Waals surface area contributed by atoms with Gasteiger partial charge in [0.05, 0.1) is 0 Å². The second-order valence-corrected chi connectivity index (χ2v) is 10.9. The molecule has 0 heterocycles. The molecule has 3 rings (SSSR count). The molecule has 0 N–H and O–H groups in total. The normalized spacial score (nSPS) is 34.7. The third-order valence-corrected chi connectivity index (χ3v) is 8.11. The molecule has 0 aliphatic heterocycles. The minimum absolute atomic E-state index is 0.0608. The highest BCUT2D eigenvalue weighted by molar-refractivity contribution is 8.00. The molecule has 0 aromatic heterocycles. The molecule has 0 saturated carbocycles. The monoisotopic (exact) mass is 382 g/mol. The molecule has 0 saturated heterocycles. The topological polar surface area (TPSA) is 17.1 Å². The fourth-order valence-corrected chi connectivity index (χ4v) is 5.73. The van der Waals surface area contributed by atoms with Crippen LogP contribution in [-0.2, 0) is 4.79 Å². The van der Waals surface area contributed by atoms with Gasteiger partial charge in [-0.15, -0.1) is 11.8 Å². The molecular weight excluding hydrogens is 348 g/mol. The van der Waals surface area contributed by atoms with Crippen LogP contribution in [0.5, 0.6) is 0 Å². The number of ketones is 1. The Morgan fingerprint density at radius 2 is 1.78 bits per heavy atom. The Morgan fingerprint density at radius 3 is 2.52 bits per heavy atom. The van der Waals surface area contributed by atoms with Gasteiger partial charge in [0.1, 0.15) is 0 Å². The first-order chi connectivity index (χ1) is 12.8. The Hall–Kier alpha value is -1.28. The fourth-order valence-electron chi connectivity index (χ4n) is 4.44. The summed E-state index contributed by atoms with van der Waals surface area (Å²) in [7, 11) is 0. The number of rotatable bonds is 2.